The van der Waals surface area contributed by atoms with Crippen LogP contribution in [0.5, 0.6) is 0 Å². The molecule has 126 valence electrons. The lowest BCUT2D eigenvalue weighted by molar-refractivity contribution is -0.137. The zero-order valence-corrected chi connectivity index (χ0v) is 13.7. The summed E-state index contributed by atoms with van der Waals surface area (Å²) < 4.78 is 5.26. The number of hydrogen-bond acceptors (Lipinski definition) is 4. The number of nitrogens with one attached hydrogen (secondary N) is 2. The third-order valence-electron chi connectivity index (χ3n) is 3.63. The first-order valence-electron chi connectivity index (χ1n) is 7.58. The van der Waals surface area contributed by atoms with E-state index >= 15 is 0 Å². The summed E-state index contributed by atoms with van der Waals surface area (Å²) in [6.45, 7) is 7.18. The summed E-state index contributed by atoms with van der Waals surface area (Å²) in [4.78, 5) is 34.3. The van der Waals surface area contributed by atoms with Gasteiger partial charge < -0.3 is 15.2 Å². The molecule has 0 spiro atoms. The molecule has 1 aliphatic heterocycles. The smallest absolute Gasteiger partial charge is 0.409 e. The Bertz CT molecular complexity index is 444. The molecule has 2 atom stereocenters. The highest BCUT2D eigenvalue weighted by Crippen LogP contribution is 2.30. The van der Waals surface area contributed by atoms with Crippen molar-refractivity contribution in [3.63, 3.8) is 0 Å². The molecule has 0 bridgehead atoms. The third-order valence-corrected chi connectivity index (χ3v) is 3.63. The summed E-state index contributed by atoms with van der Waals surface area (Å²) in [6, 6.07) is 0. The Morgan fingerprint density at radius 3 is 2.50 bits per heavy atom. The summed E-state index contributed by atoms with van der Waals surface area (Å²) in [5.41, 5.74) is -1.49. The fraction of sp³-hybridized carbons (Fsp3) is 0.800. The molecule has 2 unspecified atom stereocenters. The van der Waals surface area contributed by atoms with Gasteiger partial charge in [0.2, 0.25) is 5.91 Å². The molecule has 0 aromatic heterocycles. The van der Waals surface area contributed by atoms with E-state index in [0.717, 1.165) is 0 Å². The Kier molecular flexibility index (Phi) is 5.79. The quantitative estimate of drug-likeness (QED) is 0.650. The Morgan fingerprint density at radius 2 is 2.05 bits per heavy atom. The molecule has 1 aliphatic rings. The second kappa shape index (κ2) is 6.98. The molecule has 0 radical (unpaired) electrons. The SMILES string of the molecule is CC1CC(=O)NC1(CCCCC(=O)O)NC(=O)OC(C)(C)C. The first-order valence-corrected chi connectivity index (χ1v) is 7.58. The standard InChI is InChI=1S/C15H26N2O5/c1-10-9-11(18)16-15(10,8-6-5-7-12(19)20)17-13(21)22-14(2,3)4/h10H,5-9H2,1-4H3,(H,16,18)(H,17,21)(H,19,20). The summed E-state index contributed by atoms with van der Waals surface area (Å²) in [5.74, 6) is -1.06. The van der Waals surface area contributed by atoms with Gasteiger partial charge in [-0.25, -0.2) is 4.79 Å². The fourth-order valence-electron chi connectivity index (χ4n) is 2.57. The van der Waals surface area contributed by atoms with Gasteiger partial charge in [0, 0.05) is 18.8 Å². The van der Waals surface area contributed by atoms with Crippen molar-refractivity contribution < 1.29 is 24.2 Å². The van der Waals surface area contributed by atoms with E-state index in [0.29, 0.717) is 25.7 Å². The molecule has 7 nitrogen and oxygen atoms in total. The second-order valence-electron chi connectivity index (χ2n) is 6.85. The van der Waals surface area contributed by atoms with Gasteiger partial charge in [-0.05, 0) is 40.0 Å². The van der Waals surface area contributed by atoms with Crippen molar-refractivity contribution >= 4 is 18.0 Å². The number of rotatable bonds is 6. The molecule has 0 aromatic carbocycles. The highest BCUT2D eigenvalue weighted by molar-refractivity contribution is 5.81. The number of alkyl carbamates (subject to hydrolysis) is 1. The zero-order chi connectivity index (χ0) is 17.0. The molecular weight excluding hydrogens is 288 g/mol. The largest absolute Gasteiger partial charge is 0.481 e. The topological polar surface area (TPSA) is 105 Å². The number of carboxylic acids is 1. The van der Waals surface area contributed by atoms with Crippen LogP contribution < -0.4 is 10.6 Å². The second-order valence-corrected chi connectivity index (χ2v) is 6.85. The summed E-state index contributed by atoms with van der Waals surface area (Å²) in [6.07, 6.45) is 1.38. The summed E-state index contributed by atoms with van der Waals surface area (Å²) >= 11 is 0. The van der Waals surface area contributed by atoms with Crippen LogP contribution in [-0.4, -0.2) is 34.3 Å². The molecule has 0 aromatic rings. The average Bonchev–Trinajstić information content (AvgIpc) is 2.57. The van der Waals surface area contributed by atoms with E-state index in [1.807, 2.05) is 6.92 Å². The van der Waals surface area contributed by atoms with Crippen molar-refractivity contribution in [2.24, 2.45) is 5.92 Å². The molecule has 0 saturated carbocycles. The van der Waals surface area contributed by atoms with Gasteiger partial charge in [-0.1, -0.05) is 6.92 Å². The maximum atomic E-state index is 12.0. The van der Waals surface area contributed by atoms with Crippen LogP contribution in [0.25, 0.3) is 0 Å². The molecular formula is C15H26N2O5. The third kappa shape index (κ3) is 5.54. The van der Waals surface area contributed by atoms with Gasteiger partial charge in [0.15, 0.2) is 0 Å². The lowest BCUT2D eigenvalue weighted by Crippen LogP contribution is -2.60. The van der Waals surface area contributed by atoms with Crippen LogP contribution in [-0.2, 0) is 14.3 Å². The number of amides is 2. The molecule has 2 amide bonds. The first-order chi connectivity index (χ1) is 10.0. The van der Waals surface area contributed by atoms with E-state index in [-0.39, 0.29) is 18.2 Å². The highest BCUT2D eigenvalue weighted by Gasteiger charge is 2.45. The maximum absolute atomic E-state index is 12.0. The van der Waals surface area contributed by atoms with E-state index < -0.39 is 23.3 Å². The fourth-order valence-corrected chi connectivity index (χ4v) is 2.57. The number of aliphatic carboxylic acids is 1. The van der Waals surface area contributed by atoms with E-state index in [1.165, 1.54) is 0 Å². The number of unbranched alkanes of at least 4 members (excludes halogenated alkanes) is 1. The van der Waals surface area contributed by atoms with Gasteiger partial charge in [-0.2, -0.15) is 0 Å². The Hall–Kier alpha value is -1.79. The van der Waals surface area contributed by atoms with Crippen LogP contribution in [0.1, 0.15) is 59.8 Å². The van der Waals surface area contributed by atoms with Crippen molar-refractivity contribution in [3.05, 3.63) is 0 Å². The normalized spacial score (nSPS) is 24.7. The monoisotopic (exact) mass is 314 g/mol. The predicted octanol–water partition coefficient (Wildman–Crippen LogP) is 2.01. The Balaban J connectivity index is 2.69. The van der Waals surface area contributed by atoms with Crippen molar-refractivity contribution in [2.75, 3.05) is 0 Å². The van der Waals surface area contributed by atoms with E-state index in [2.05, 4.69) is 10.6 Å². The van der Waals surface area contributed by atoms with E-state index in [1.54, 1.807) is 20.8 Å². The molecule has 1 fully saturated rings. The van der Waals surface area contributed by atoms with Crippen LogP contribution in [0.3, 0.4) is 0 Å². The molecule has 7 heteroatoms. The zero-order valence-electron chi connectivity index (χ0n) is 13.7. The average molecular weight is 314 g/mol. The van der Waals surface area contributed by atoms with Gasteiger partial charge in [-0.3, -0.25) is 14.9 Å². The van der Waals surface area contributed by atoms with Gasteiger partial charge in [-0.15, -0.1) is 0 Å². The number of ether oxygens (including phenoxy) is 1. The molecule has 1 saturated heterocycles. The first kappa shape index (κ1) is 18.3. The van der Waals surface area contributed by atoms with Crippen molar-refractivity contribution in [3.8, 4) is 0 Å². The Morgan fingerprint density at radius 1 is 1.41 bits per heavy atom. The molecule has 0 aliphatic carbocycles. The van der Waals surface area contributed by atoms with E-state index in [4.69, 9.17) is 9.84 Å². The maximum Gasteiger partial charge on any atom is 0.409 e. The lowest BCUT2D eigenvalue weighted by atomic mass is 9.90. The minimum atomic E-state index is -0.863. The Labute approximate surface area is 130 Å². The molecule has 22 heavy (non-hydrogen) atoms. The lowest BCUT2D eigenvalue weighted by Gasteiger charge is -2.35. The predicted molar refractivity (Wildman–Crippen MR) is 80.1 cm³/mol. The van der Waals surface area contributed by atoms with E-state index in [9.17, 15) is 14.4 Å². The van der Waals surface area contributed by atoms with Gasteiger partial charge in [0.05, 0.1) is 0 Å². The number of carboxylic acid groups (broad SMARTS) is 1. The van der Waals surface area contributed by atoms with Crippen LogP contribution in [0.2, 0.25) is 0 Å². The van der Waals surface area contributed by atoms with Gasteiger partial charge in [0.25, 0.3) is 0 Å². The van der Waals surface area contributed by atoms with Crippen molar-refractivity contribution in [2.45, 2.75) is 71.1 Å². The molecule has 3 N–H and O–H groups in total. The van der Waals surface area contributed by atoms with Crippen LogP contribution in [0, 0.1) is 5.92 Å². The molecule has 1 heterocycles. The minimum Gasteiger partial charge on any atom is -0.481 e. The number of hydrogen-bond donors (Lipinski definition) is 3. The number of carbonyl (C=O) groups excluding carboxylic acids is 2. The van der Waals surface area contributed by atoms with Crippen LogP contribution in [0.15, 0.2) is 0 Å². The van der Waals surface area contributed by atoms with Gasteiger partial charge in [0.1, 0.15) is 11.3 Å². The van der Waals surface area contributed by atoms with Crippen LogP contribution >= 0.6 is 0 Å². The number of carbonyl (C=O) groups is 3. The molecule has 1 rings (SSSR count). The van der Waals surface area contributed by atoms with Gasteiger partial charge >= 0.3 is 12.1 Å². The van der Waals surface area contributed by atoms with Crippen molar-refractivity contribution in [1.82, 2.24) is 10.6 Å². The van der Waals surface area contributed by atoms with Crippen molar-refractivity contribution in [1.29, 1.82) is 0 Å². The minimum absolute atomic E-state index is 0.0743. The van der Waals surface area contributed by atoms with Crippen LogP contribution in [0.4, 0.5) is 4.79 Å². The summed E-state index contributed by atoms with van der Waals surface area (Å²) in [5, 5.41) is 14.3. The highest BCUT2D eigenvalue weighted by atomic mass is 16.6. The summed E-state index contributed by atoms with van der Waals surface area (Å²) in [7, 11) is 0.